The summed E-state index contributed by atoms with van der Waals surface area (Å²) in [5, 5.41) is 0. The van der Waals surface area contributed by atoms with E-state index in [2.05, 4.69) is 35.3 Å². The summed E-state index contributed by atoms with van der Waals surface area (Å²) < 4.78 is 2.22. The summed E-state index contributed by atoms with van der Waals surface area (Å²) in [7, 11) is 0. The Morgan fingerprint density at radius 2 is 2.17 bits per heavy atom. The van der Waals surface area contributed by atoms with Gasteiger partial charge in [0.2, 0.25) is 0 Å². The highest BCUT2D eigenvalue weighted by Crippen LogP contribution is 2.17. The molecule has 18 heavy (non-hydrogen) atoms. The molecule has 0 fully saturated rings. The van der Waals surface area contributed by atoms with E-state index in [1.54, 1.807) is 0 Å². The van der Waals surface area contributed by atoms with Crippen molar-refractivity contribution in [3.05, 3.63) is 24.2 Å². The lowest BCUT2D eigenvalue weighted by Gasteiger charge is -2.18. The largest absolute Gasteiger partial charge is 0.326 e. The second-order valence-corrected chi connectivity index (χ2v) is 5.51. The van der Waals surface area contributed by atoms with Gasteiger partial charge in [0.25, 0.3) is 0 Å². The van der Waals surface area contributed by atoms with E-state index >= 15 is 0 Å². The summed E-state index contributed by atoms with van der Waals surface area (Å²) in [5.74, 6) is 1.10. The van der Waals surface area contributed by atoms with Crippen LogP contribution in [0.25, 0.3) is 11.2 Å². The standard InChI is InChI=1S/C14H22N4/c1-4-10-18-12(7-8-14(2,3)15)17-11-6-5-9-16-13(11)18/h5-6,9H,4,7-8,10,15H2,1-3H3. The Bertz CT molecular complexity index is 522. The fraction of sp³-hybridized carbons (Fsp3) is 0.571. The molecule has 0 radical (unpaired) electrons. The van der Waals surface area contributed by atoms with Gasteiger partial charge in [0, 0.05) is 24.7 Å². The maximum Gasteiger partial charge on any atom is 0.159 e. The molecule has 0 aliphatic carbocycles. The van der Waals surface area contributed by atoms with Crippen LogP contribution in [0.5, 0.6) is 0 Å². The molecule has 0 atom stereocenters. The molecule has 0 bridgehead atoms. The number of aromatic nitrogens is 3. The van der Waals surface area contributed by atoms with E-state index in [9.17, 15) is 0 Å². The second kappa shape index (κ2) is 5.06. The lowest BCUT2D eigenvalue weighted by molar-refractivity contribution is 0.464. The minimum atomic E-state index is -0.150. The van der Waals surface area contributed by atoms with Crippen LogP contribution in [0.4, 0.5) is 0 Å². The number of aryl methyl sites for hydroxylation is 2. The van der Waals surface area contributed by atoms with Crippen LogP contribution in [0.3, 0.4) is 0 Å². The normalized spacial score (nSPS) is 12.2. The minimum absolute atomic E-state index is 0.150. The van der Waals surface area contributed by atoms with Crippen LogP contribution in [0.1, 0.15) is 39.4 Å². The minimum Gasteiger partial charge on any atom is -0.326 e. The second-order valence-electron chi connectivity index (χ2n) is 5.51. The first-order valence-corrected chi connectivity index (χ1v) is 6.60. The van der Waals surface area contributed by atoms with Gasteiger partial charge in [0.1, 0.15) is 11.3 Å². The molecule has 4 nitrogen and oxygen atoms in total. The molecule has 0 aliphatic rings. The summed E-state index contributed by atoms with van der Waals surface area (Å²) in [6, 6.07) is 3.95. The van der Waals surface area contributed by atoms with Crippen molar-refractivity contribution in [2.24, 2.45) is 5.73 Å². The zero-order valence-electron chi connectivity index (χ0n) is 11.5. The van der Waals surface area contributed by atoms with Gasteiger partial charge in [-0.2, -0.15) is 0 Å². The van der Waals surface area contributed by atoms with Gasteiger partial charge >= 0.3 is 0 Å². The molecule has 2 aromatic heterocycles. The molecule has 0 aliphatic heterocycles. The fourth-order valence-corrected chi connectivity index (χ4v) is 2.09. The van der Waals surface area contributed by atoms with E-state index in [1.165, 1.54) is 0 Å². The van der Waals surface area contributed by atoms with E-state index in [0.717, 1.165) is 42.8 Å². The SMILES string of the molecule is CCCn1c(CCC(C)(C)N)nc2cccnc21. The van der Waals surface area contributed by atoms with Crippen LogP contribution in [-0.4, -0.2) is 20.1 Å². The van der Waals surface area contributed by atoms with Gasteiger partial charge in [0.05, 0.1) is 0 Å². The van der Waals surface area contributed by atoms with Crippen LogP contribution < -0.4 is 5.73 Å². The number of fused-ring (bicyclic) bond motifs is 1. The van der Waals surface area contributed by atoms with Crippen LogP contribution in [-0.2, 0) is 13.0 Å². The molecule has 0 amide bonds. The van der Waals surface area contributed by atoms with Crippen molar-refractivity contribution in [3.63, 3.8) is 0 Å². The van der Waals surface area contributed by atoms with E-state index in [-0.39, 0.29) is 5.54 Å². The number of pyridine rings is 1. The first kappa shape index (κ1) is 13.0. The van der Waals surface area contributed by atoms with Crippen molar-refractivity contribution in [2.75, 3.05) is 0 Å². The first-order valence-electron chi connectivity index (χ1n) is 6.60. The summed E-state index contributed by atoms with van der Waals surface area (Å²) in [6.45, 7) is 7.25. The van der Waals surface area contributed by atoms with Crippen molar-refractivity contribution >= 4 is 11.2 Å². The number of hydrogen-bond donors (Lipinski definition) is 1. The van der Waals surface area contributed by atoms with Gasteiger partial charge in [-0.25, -0.2) is 9.97 Å². The predicted molar refractivity (Wildman–Crippen MR) is 74.4 cm³/mol. The maximum absolute atomic E-state index is 6.05. The summed E-state index contributed by atoms with van der Waals surface area (Å²) in [6.07, 6.45) is 4.74. The van der Waals surface area contributed by atoms with Crippen molar-refractivity contribution in [2.45, 2.75) is 52.1 Å². The van der Waals surface area contributed by atoms with Crippen molar-refractivity contribution in [1.82, 2.24) is 14.5 Å². The first-order chi connectivity index (χ1) is 8.51. The van der Waals surface area contributed by atoms with E-state index < -0.39 is 0 Å². The molecule has 0 unspecified atom stereocenters. The third-order valence-corrected chi connectivity index (χ3v) is 3.02. The smallest absolute Gasteiger partial charge is 0.159 e. The topological polar surface area (TPSA) is 56.7 Å². The maximum atomic E-state index is 6.05. The summed E-state index contributed by atoms with van der Waals surface area (Å²) in [5.41, 5.74) is 7.87. The predicted octanol–water partition coefficient (Wildman–Crippen LogP) is 2.51. The van der Waals surface area contributed by atoms with Gasteiger partial charge in [-0.05, 0) is 38.8 Å². The van der Waals surface area contributed by atoms with Crippen LogP contribution in [0.15, 0.2) is 18.3 Å². The highest BCUT2D eigenvalue weighted by Gasteiger charge is 2.15. The van der Waals surface area contributed by atoms with E-state index in [1.807, 2.05) is 18.3 Å². The molecule has 0 saturated carbocycles. The monoisotopic (exact) mass is 246 g/mol. The van der Waals surface area contributed by atoms with Gasteiger partial charge in [-0.3, -0.25) is 0 Å². The van der Waals surface area contributed by atoms with Gasteiger partial charge < -0.3 is 10.3 Å². The van der Waals surface area contributed by atoms with Crippen molar-refractivity contribution in [3.8, 4) is 0 Å². The number of hydrogen-bond acceptors (Lipinski definition) is 3. The molecule has 0 spiro atoms. The molecule has 4 heteroatoms. The lowest BCUT2D eigenvalue weighted by atomic mass is 10.00. The van der Waals surface area contributed by atoms with Crippen molar-refractivity contribution in [1.29, 1.82) is 0 Å². The number of nitrogens with two attached hydrogens (primary N) is 1. The summed E-state index contributed by atoms with van der Waals surface area (Å²) in [4.78, 5) is 9.11. The molecular weight excluding hydrogens is 224 g/mol. The average molecular weight is 246 g/mol. The number of nitrogens with zero attached hydrogens (tertiary/aromatic N) is 3. The molecule has 0 aromatic carbocycles. The van der Waals surface area contributed by atoms with Gasteiger partial charge in [0.15, 0.2) is 5.65 Å². The Morgan fingerprint density at radius 1 is 1.39 bits per heavy atom. The average Bonchev–Trinajstić information content (AvgIpc) is 2.65. The molecule has 2 heterocycles. The number of rotatable bonds is 5. The molecule has 2 aromatic rings. The van der Waals surface area contributed by atoms with E-state index in [0.29, 0.717) is 0 Å². The zero-order valence-corrected chi connectivity index (χ0v) is 11.5. The summed E-state index contributed by atoms with van der Waals surface area (Å²) >= 11 is 0. The third-order valence-electron chi connectivity index (χ3n) is 3.02. The molecular formula is C14H22N4. The Kier molecular flexibility index (Phi) is 3.66. The zero-order chi connectivity index (χ0) is 13.2. The molecule has 0 saturated heterocycles. The van der Waals surface area contributed by atoms with Crippen molar-refractivity contribution < 1.29 is 0 Å². The molecule has 2 rings (SSSR count). The Hall–Kier alpha value is -1.42. The molecule has 98 valence electrons. The van der Waals surface area contributed by atoms with Crippen LogP contribution in [0.2, 0.25) is 0 Å². The lowest BCUT2D eigenvalue weighted by Crippen LogP contribution is -2.32. The van der Waals surface area contributed by atoms with Gasteiger partial charge in [-0.15, -0.1) is 0 Å². The Balaban J connectivity index is 2.33. The number of imidazole rings is 1. The third kappa shape index (κ3) is 2.88. The van der Waals surface area contributed by atoms with E-state index in [4.69, 9.17) is 5.73 Å². The highest BCUT2D eigenvalue weighted by molar-refractivity contribution is 5.71. The highest BCUT2D eigenvalue weighted by atomic mass is 15.1. The fourth-order valence-electron chi connectivity index (χ4n) is 2.09. The molecule has 2 N–H and O–H groups in total. The van der Waals surface area contributed by atoms with Gasteiger partial charge in [-0.1, -0.05) is 6.92 Å². The quantitative estimate of drug-likeness (QED) is 0.882. The van der Waals surface area contributed by atoms with Crippen LogP contribution >= 0.6 is 0 Å². The Labute approximate surface area is 108 Å². The van der Waals surface area contributed by atoms with Crippen LogP contribution in [0, 0.1) is 0 Å². The Morgan fingerprint density at radius 3 is 2.83 bits per heavy atom.